The van der Waals surface area contributed by atoms with Crippen LogP contribution in [0.25, 0.3) is 80.0 Å². The molecule has 2 heteroatoms. The van der Waals surface area contributed by atoms with Crippen LogP contribution in [-0.4, -0.2) is 9.13 Å². The van der Waals surface area contributed by atoms with Gasteiger partial charge in [0.15, 0.2) is 0 Å². The Morgan fingerprint density at radius 3 is 0.942 bits per heavy atom. The molecule has 0 saturated heterocycles. The van der Waals surface area contributed by atoms with Crippen LogP contribution < -0.4 is 0 Å². The molecule has 0 aliphatic rings. The zero-order chi connectivity index (χ0) is 34.7. The first-order chi connectivity index (χ1) is 25.8. The van der Waals surface area contributed by atoms with Gasteiger partial charge in [-0.15, -0.1) is 0 Å². The van der Waals surface area contributed by atoms with Gasteiger partial charge >= 0.3 is 0 Å². The lowest BCUT2D eigenvalue weighted by Crippen LogP contribution is -1.98. The maximum Gasteiger partial charge on any atom is 0.0542 e. The molecule has 0 N–H and O–H groups in total. The van der Waals surface area contributed by atoms with E-state index in [0.717, 1.165) is 11.4 Å². The van der Waals surface area contributed by atoms with E-state index in [2.05, 4.69) is 215 Å². The monoisotopic (exact) mass is 664 g/mol. The van der Waals surface area contributed by atoms with Crippen LogP contribution >= 0.6 is 0 Å². The molecule has 52 heavy (non-hydrogen) atoms. The third-order valence-electron chi connectivity index (χ3n) is 9.70. The Morgan fingerprint density at radius 2 is 0.596 bits per heavy atom. The minimum absolute atomic E-state index is 1.13. The molecule has 2 heterocycles. The first kappa shape index (κ1) is 31.1. The maximum atomic E-state index is 2.40. The van der Waals surface area contributed by atoms with Gasteiger partial charge in [0.05, 0.1) is 22.4 Å². The summed E-state index contributed by atoms with van der Waals surface area (Å²) in [6.07, 6.45) is 8.68. The summed E-state index contributed by atoms with van der Waals surface area (Å²) in [5, 5.41) is 2.39. The van der Waals surface area contributed by atoms with Gasteiger partial charge in [0.25, 0.3) is 0 Å². The van der Waals surface area contributed by atoms with E-state index in [1.165, 1.54) is 66.6 Å². The largest absolute Gasteiger partial charge is 0.309 e. The van der Waals surface area contributed by atoms with Crippen LogP contribution in [0.4, 0.5) is 0 Å². The quantitative estimate of drug-likeness (QED) is 0.143. The van der Waals surface area contributed by atoms with E-state index in [1.807, 2.05) is 12.1 Å². The lowest BCUT2D eigenvalue weighted by Gasteiger charge is -2.13. The standard InChI is InChI=1S/C50H36N2/c1-5-13-37(14-6-1)21-23-39-25-29-45(30-26-39)51-47(41-17-9-3-10-18-41)33-43-36-50-44(35-49(43)51)34-48(42-19-11-4-12-20-42)52(50)46-31-27-40(28-32-46)24-22-38-15-7-2-8-16-38/h1-36H. The van der Waals surface area contributed by atoms with Gasteiger partial charge in [-0.05, 0) is 81.9 Å². The van der Waals surface area contributed by atoms with Gasteiger partial charge in [-0.1, -0.05) is 170 Å². The molecule has 0 amide bonds. The Bertz CT molecular complexity index is 2470. The van der Waals surface area contributed by atoms with Crippen molar-refractivity contribution in [3.63, 3.8) is 0 Å². The van der Waals surface area contributed by atoms with Crippen molar-refractivity contribution >= 4 is 46.1 Å². The topological polar surface area (TPSA) is 9.86 Å². The van der Waals surface area contributed by atoms with Gasteiger partial charge < -0.3 is 9.13 Å². The number of hydrogen-bond acceptors (Lipinski definition) is 0. The van der Waals surface area contributed by atoms with Crippen molar-refractivity contribution in [1.82, 2.24) is 9.13 Å². The number of fused-ring (bicyclic) bond motifs is 2. The van der Waals surface area contributed by atoms with Gasteiger partial charge in [0.2, 0.25) is 0 Å². The number of hydrogen-bond donors (Lipinski definition) is 0. The average molecular weight is 665 g/mol. The average Bonchev–Trinajstić information content (AvgIpc) is 3.78. The van der Waals surface area contributed by atoms with Crippen molar-refractivity contribution in [2.45, 2.75) is 0 Å². The number of aromatic nitrogens is 2. The van der Waals surface area contributed by atoms with Crippen molar-refractivity contribution in [3.8, 4) is 33.9 Å². The predicted molar refractivity (Wildman–Crippen MR) is 222 cm³/mol. The van der Waals surface area contributed by atoms with Gasteiger partial charge in [0.1, 0.15) is 0 Å². The molecule has 246 valence electrons. The van der Waals surface area contributed by atoms with Crippen molar-refractivity contribution in [2.24, 2.45) is 0 Å². The van der Waals surface area contributed by atoms with Crippen LogP contribution in [0.5, 0.6) is 0 Å². The lowest BCUT2D eigenvalue weighted by molar-refractivity contribution is 1.13. The van der Waals surface area contributed by atoms with E-state index in [9.17, 15) is 0 Å². The summed E-state index contributed by atoms with van der Waals surface area (Å²) in [7, 11) is 0. The molecule has 0 radical (unpaired) electrons. The van der Waals surface area contributed by atoms with Gasteiger partial charge in [-0.25, -0.2) is 0 Å². The lowest BCUT2D eigenvalue weighted by atomic mass is 10.1. The molecule has 9 aromatic rings. The van der Waals surface area contributed by atoms with Crippen LogP contribution in [0.15, 0.2) is 194 Å². The fourth-order valence-electron chi connectivity index (χ4n) is 7.09. The number of benzene rings is 7. The smallest absolute Gasteiger partial charge is 0.0542 e. The Labute approximate surface area is 304 Å². The highest BCUT2D eigenvalue weighted by atomic mass is 15.0. The zero-order valence-corrected chi connectivity index (χ0v) is 28.7. The van der Waals surface area contributed by atoms with Crippen molar-refractivity contribution in [2.75, 3.05) is 0 Å². The van der Waals surface area contributed by atoms with Crippen LogP contribution in [0.1, 0.15) is 22.3 Å². The highest BCUT2D eigenvalue weighted by Gasteiger charge is 2.18. The molecular weight excluding hydrogens is 629 g/mol. The summed E-state index contributed by atoms with van der Waals surface area (Å²) < 4.78 is 4.81. The molecule has 0 bridgehead atoms. The molecule has 7 aromatic carbocycles. The van der Waals surface area contributed by atoms with Crippen molar-refractivity contribution in [3.05, 3.63) is 216 Å². The molecule has 0 unspecified atom stereocenters. The fourth-order valence-corrected chi connectivity index (χ4v) is 7.09. The van der Waals surface area contributed by atoms with Crippen LogP contribution in [0.3, 0.4) is 0 Å². The van der Waals surface area contributed by atoms with Crippen LogP contribution in [0.2, 0.25) is 0 Å². The summed E-state index contributed by atoms with van der Waals surface area (Å²) in [5.74, 6) is 0. The molecule has 2 aromatic heterocycles. The fraction of sp³-hybridized carbons (Fsp3) is 0. The van der Waals surface area contributed by atoms with Gasteiger partial charge in [-0.2, -0.15) is 0 Å². The second-order valence-electron chi connectivity index (χ2n) is 13.1. The molecule has 2 nitrogen and oxygen atoms in total. The second kappa shape index (κ2) is 13.8. The first-order valence-electron chi connectivity index (χ1n) is 17.8. The van der Waals surface area contributed by atoms with E-state index in [0.29, 0.717) is 0 Å². The van der Waals surface area contributed by atoms with E-state index in [-0.39, 0.29) is 0 Å². The van der Waals surface area contributed by atoms with Gasteiger partial charge in [0, 0.05) is 22.1 Å². The van der Waals surface area contributed by atoms with Crippen LogP contribution in [-0.2, 0) is 0 Å². The third kappa shape index (κ3) is 6.19. The zero-order valence-electron chi connectivity index (χ0n) is 28.7. The first-order valence-corrected chi connectivity index (χ1v) is 17.8. The third-order valence-corrected chi connectivity index (χ3v) is 9.70. The van der Waals surface area contributed by atoms with E-state index >= 15 is 0 Å². The van der Waals surface area contributed by atoms with Crippen molar-refractivity contribution < 1.29 is 0 Å². The summed E-state index contributed by atoms with van der Waals surface area (Å²) in [6.45, 7) is 0. The Morgan fingerprint density at radius 1 is 0.288 bits per heavy atom. The molecule has 0 atom stereocenters. The normalized spacial score (nSPS) is 11.7. The van der Waals surface area contributed by atoms with E-state index in [1.54, 1.807) is 0 Å². The predicted octanol–water partition coefficient (Wildman–Crippen LogP) is 13.2. The number of rotatable bonds is 8. The molecule has 0 fully saturated rings. The molecule has 9 rings (SSSR count). The minimum atomic E-state index is 1.13. The Balaban J connectivity index is 1.17. The SMILES string of the molecule is C(=Cc1ccc(-n2c(-c3ccccc3)cc3cc4c(cc(-c5ccccc5)n4-c4ccc(C=Cc5ccccc5)cc4)cc32)cc1)c1ccccc1. The molecular formula is C50H36N2. The number of nitrogens with zero attached hydrogens (tertiary/aromatic N) is 2. The molecule has 0 aliphatic carbocycles. The highest BCUT2D eigenvalue weighted by molar-refractivity contribution is 6.02. The van der Waals surface area contributed by atoms with Crippen molar-refractivity contribution in [1.29, 1.82) is 0 Å². The summed E-state index contributed by atoms with van der Waals surface area (Å²) in [4.78, 5) is 0. The summed E-state index contributed by atoms with van der Waals surface area (Å²) >= 11 is 0. The maximum absolute atomic E-state index is 2.40. The summed E-state index contributed by atoms with van der Waals surface area (Å²) in [5.41, 5.74) is 14.0. The second-order valence-corrected chi connectivity index (χ2v) is 13.1. The minimum Gasteiger partial charge on any atom is -0.309 e. The Hall–Kier alpha value is -6.90. The Kier molecular flexibility index (Phi) is 8.24. The van der Waals surface area contributed by atoms with Gasteiger partial charge in [-0.3, -0.25) is 0 Å². The van der Waals surface area contributed by atoms with Crippen LogP contribution in [0, 0.1) is 0 Å². The highest BCUT2D eigenvalue weighted by Crippen LogP contribution is 2.38. The molecule has 0 spiro atoms. The summed E-state index contributed by atoms with van der Waals surface area (Å²) in [6, 6.07) is 69.4. The van der Waals surface area contributed by atoms with E-state index < -0.39 is 0 Å². The van der Waals surface area contributed by atoms with E-state index in [4.69, 9.17) is 0 Å². The molecule has 0 aliphatic heterocycles. The molecule has 0 saturated carbocycles.